The van der Waals surface area contributed by atoms with Gasteiger partial charge < -0.3 is 9.47 Å². The van der Waals surface area contributed by atoms with Crippen LogP contribution in [0.25, 0.3) is 10.8 Å². The van der Waals surface area contributed by atoms with Gasteiger partial charge in [-0.1, -0.05) is 68.7 Å². The summed E-state index contributed by atoms with van der Waals surface area (Å²) in [5.41, 5.74) is 3.59. The maximum Gasteiger partial charge on any atom is 0.411 e. The highest BCUT2D eigenvalue weighted by atomic mass is 16.5. The summed E-state index contributed by atoms with van der Waals surface area (Å²) in [6.07, 6.45) is 10.1. The lowest BCUT2D eigenvalue weighted by Gasteiger charge is -2.50. The van der Waals surface area contributed by atoms with Gasteiger partial charge in [-0.25, -0.2) is 4.79 Å². The third-order valence-electron chi connectivity index (χ3n) is 10.5. The molecule has 0 bridgehead atoms. The predicted molar refractivity (Wildman–Crippen MR) is 163 cm³/mol. The average molecular weight is 554 g/mol. The molecule has 2 saturated carbocycles. The van der Waals surface area contributed by atoms with Crippen LogP contribution < -0.4 is 10.1 Å². The van der Waals surface area contributed by atoms with E-state index >= 15 is 0 Å². The first-order valence-electron chi connectivity index (χ1n) is 15.6. The van der Waals surface area contributed by atoms with Crippen molar-refractivity contribution in [2.45, 2.75) is 77.0 Å². The summed E-state index contributed by atoms with van der Waals surface area (Å²) >= 11 is 0. The lowest BCUT2D eigenvalue weighted by molar-refractivity contribution is -0.129. The Morgan fingerprint density at radius 2 is 1.83 bits per heavy atom. The Kier molecular flexibility index (Phi) is 8.05. The minimum absolute atomic E-state index is 0.138. The smallest absolute Gasteiger partial charge is 0.411 e. The molecule has 0 unspecified atom stereocenters. The Labute approximate surface area is 244 Å². The number of amides is 1. The Morgan fingerprint density at radius 3 is 2.71 bits per heavy atom. The second-order valence-corrected chi connectivity index (χ2v) is 12.7. The number of aryl methyl sites for hydroxylation is 1. The number of anilines is 1. The number of ether oxygens (including phenoxy) is 2. The summed E-state index contributed by atoms with van der Waals surface area (Å²) in [6.45, 7) is 2.70. The molecular formula is C36H43NO4. The van der Waals surface area contributed by atoms with Crippen LogP contribution in [0.1, 0.15) is 81.8 Å². The number of methoxy groups -OCH3 is 1. The lowest BCUT2D eigenvalue weighted by Crippen LogP contribution is -2.44. The molecule has 0 aliphatic heterocycles. The summed E-state index contributed by atoms with van der Waals surface area (Å²) < 4.78 is 11.0. The summed E-state index contributed by atoms with van der Waals surface area (Å²) in [4.78, 5) is 25.7. The van der Waals surface area contributed by atoms with E-state index in [-0.39, 0.29) is 5.41 Å². The molecule has 6 rings (SSSR count). The Morgan fingerprint density at radius 1 is 1.00 bits per heavy atom. The van der Waals surface area contributed by atoms with E-state index in [9.17, 15) is 9.59 Å². The first-order chi connectivity index (χ1) is 20.0. The van der Waals surface area contributed by atoms with Crippen LogP contribution >= 0.6 is 0 Å². The highest BCUT2D eigenvalue weighted by Crippen LogP contribution is 2.62. The molecule has 1 N–H and O–H groups in total. The first kappa shape index (κ1) is 27.8. The molecule has 5 nitrogen and oxygen atoms in total. The van der Waals surface area contributed by atoms with E-state index in [1.54, 1.807) is 7.11 Å². The summed E-state index contributed by atoms with van der Waals surface area (Å²) in [7, 11) is 1.74. The Bertz CT molecular complexity index is 1410. The molecule has 2 fully saturated rings. The summed E-state index contributed by atoms with van der Waals surface area (Å²) in [5, 5.41) is 4.99. The standard InChI is InChI=1S/C36H43NO4/c1-36-20-19-30-28-18-16-27(40-2)22-25(28)15-17-31(30)34(36)26(23-33(36)38)11-5-3-4-8-21-41-35(39)37-32-14-9-12-24-10-6-7-13-29(24)32/h6-7,9-10,12-14,16,18,22,26,30-31,34H,3-5,8,11,15,17,19-21,23H2,1-2H3,(H,37,39)/t26-,30-,31-,34+,36-/m1/s1. The molecule has 3 aliphatic carbocycles. The third kappa shape index (κ3) is 5.48. The molecule has 41 heavy (non-hydrogen) atoms. The van der Waals surface area contributed by atoms with E-state index in [1.807, 2.05) is 42.5 Å². The van der Waals surface area contributed by atoms with Crippen molar-refractivity contribution in [3.05, 3.63) is 71.8 Å². The average Bonchev–Trinajstić information content (AvgIpc) is 3.25. The fraction of sp³-hybridized carbons (Fsp3) is 0.500. The molecule has 5 atom stereocenters. The normalized spacial score (nSPS) is 26.6. The van der Waals surface area contributed by atoms with Gasteiger partial charge in [-0.15, -0.1) is 0 Å². The second-order valence-electron chi connectivity index (χ2n) is 12.7. The van der Waals surface area contributed by atoms with Crippen molar-refractivity contribution in [3.8, 4) is 5.75 Å². The number of hydrogen-bond donors (Lipinski definition) is 1. The third-order valence-corrected chi connectivity index (χ3v) is 10.5. The van der Waals surface area contributed by atoms with Crippen LogP contribution in [0.15, 0.2) is 60.7 Å². The van der Waals surface area contributed by atoms with Gasteiger partial charge in [0.1, 0.15) is 11.5 Å². The molecule has 0 heterocycles. The van der Waals surface area contributed by atoms with Crippen LogP contribution in [0.3, 0.4) is 0 Å². The molecule has 5 heteroatoms. The number of fused-ring (bicyclic) bond motifs is 6. The van der Waals surface area contributed by atoms with Crippen LogP contribution in [-0.4, -0.2) is 25.6 Å². The van der Waals surface area contributed by atoms with Crippen LogP contribution in [0, 0.1) is 23.2 Å². The van der Waals surface area contributed by atoms with Crippen molar-refractivity contribution in [2.75, 3.05) is 19.0 Å². The predicted octanol–water partition coefficient (Wildman–Crippen LogP) is 8.70. The number of unbranched alkanes of at least 4 members (excludes halogenated alkanes) is 3. The van der Waals surface area contributed by atoms with Gasteiger partial charge in [0, 0.05) is 17.2 Å². The molecule has 3 aliphatic rings. The fourth-order valence-electron chi connectivity index (χ4n) is 8.52. The molecule has 3 aromatic carbocycles. The number of benzene rings is 3. The van der Waals surface area contributed by atoms with Gasteiger partial charge >= 0.3 is 6.09 Å². The molecular weight excluding hydrogens is 510 g/mol. The molecule has 1 amide bonds. The van der Waals surface area contributed by atoms with Crippen LogP contribution in [0.5, 0.6) is 5.75 Å². The van der Waals surface area contributed by atoms with E-state index < -0.39 is 6.09 Å². The van der Waals surface area contributed by atoms with Crippen molar-refractivity contribution in [2.24, 2.45) is 23.2 Å². The van der Waals surface area contributed by atoms with Gasteiger partial charge in [0.15, 0.2) is 0 Å². The zero-order chi connectivity index (χ0) is 28.4. The zero-order valence-electron chi connectivity index (χ0n) is 24.5. The number of hydrogen-bond acceptors (Lipinski definition) is 4. The molecule has 0 aromatic heterocycles. The number of carbonyl (C=O) groups is 2. The number of nitrogens with one attached hydrogen (secondary N) is 1. The largest absolute Gasteiger partial charge is 0.497 e. The summed E-state index contributed by atoms with van der Waals surface area (Å²) in [5.74, 6) is 3.66. The van der Waals surface area contributed by atoms with E-state index in [2.05, 4.69) is 30.4 Å². The van der Waals surface area contributed by atoms with Crippen LogP contribution in [-0.2, 0) is 16.0 Å². The SMILES string of the molecule is COc1ccc2c(c1)CC[C@H]1[C@@H]3[C@H](CCCCCCOC(=O)Nc4cccc5ccccc45)CC(=O)[C@@]3(C)CC[C@H]21. The second kappa shape index (κ2) is 11.9. The molecule has 3 aromatic rings. The van der Waals surface area contributed by atoms with E-state index in [1.165, 1.54) is 17.5 Å². The minimum atomic E-state index is -0.399. The van der Waals surface area contributed by atoms with Crippen molar-refractivity contribution in [1.29, 1.82) is 0 Å². The maximum absolute atomic E-state index is 13.3. The highest BCUT2D eigenvalue weighted by molar-refractivity contribution is 6.00. The van der Waals surface area contributed by atoms with Crippen LogP contribution in [0.4, 0.5) is 10.5 Å². The maximum atomic E-state index is 13.3. The van der Waals surface area contributed by atoms with Crippen molar-refractivity contribution in [3.63, 3.8) is 0 Å². The lowest BCUT2D eigenvalue weighted by atomic mass is 9.54. The van der Waals surface area contributed by atoms with Crippen molar-refractivity contribution in [1.82, 2.24) is 0 Å². The van der Waals surface area contributed by atoms with E-state index in [0.29, 0.717) is 36.1 Å². The van der Waals surface area contributed by atoms with Gasteiger partial charge in [0.2, 0.25) is 0 Å². The van der Waals surface area contributed by atoms with Crippen LogP contribution in [0.2, 0.25) is 0 Å². The van der Waals surface area contributed by atoms with Gasteiger partial charge in [0.25, 0.3) is 0 Å². The fourth-order valence-corrected chi connectivity index (χ4v) is 8.52. The molecule has 0 radical (unpaired) electrons. The Balaban J connectivity index is 0.972. The van der Waals surface area contributed by atoms with Crippen molar-refractivity contribution >= 4 is 28.3 Å². The monoisotopic (exact) mass is 553 g/mol. The highest BCUT2D eigenvalue weighted by Gasteiger charge is 2.58. The topological polar surface area (TPSA) is 64.6 Å². The Hall–Kier alpha value is -3.34. The molecule has 0 saturated heterocycles. The molecule has 0 spiro atoms. The number of Topliss-reactive ketones (excluding diaryl/α,β-unsaturated/α-hetero) is 1. The van der Waals surface area contributed by atoms with E-state index in [4.69, 9.17) is 9.47 Å². The van der Waals surface area contributed by atoms with Gasteiger partial charge in [-0.2, -0.15) is 0 Å². The first-order valence-corrected chi connectivity index (χ1v) is 15.6. The minimum Gasteiger partial charge on any atom is -0.497 e. The quantitative estimate of drug-likeness (QED) is 0.269. The number of carbonyl (C=O) groups excluding carboxylic acids is 2. The van der Waals surface area contributed by atoms with E-state index in [0.717, 1.165) is 80.0 Å². The number of rotatable bonds is 9. The van der Waals surface area contributed by atoms with Crippen molar-refractivity contribution < 1.29 is 19.1 Å². The molecule has 216 valence electrons. The van der Waals surface area contributed by atoms with Gasteiger partial charge in [-0.3, -0.25) is 10.1 Å². The number of ketones is 1. The zero-order valence-corrected chi connectivity index (χ0v) is 24.5. The summed E-state index contributed by atoms with van der Waals surface area (Å²) in [6, 6.07) is 20.5. The van der Waals surface area contributed by atoms with Gasteiger partial charge in [0.05, 0.1) is 19.4 Å². The van der Waals surface area contributed by atoms with Gasteiger partial charge in [-0.05, 0) is 96.9 Å².